The highest BCUT2D eigenvalue weighted by atomic mass is 16.5. The molecular formula is C29H43N4O+. The van der Waals surface area contributed by atoms with Gasteiger partial charge in [0.15, 0.2) is 5.88 Å². The molecule has 5 nitrogen and oxygen atoms in total. The number of pyridine rings is 1. The number of likely N-dealkylation sites (tertiary alicyclic amines) is 1. The summed E-state index contributed by atoms with van der Waals surface area (Å²) in [5, 5.41) is 0. The van der Waals surface area contributed by atoms with E-state index in [1.54, 1.807) is 0 Å². The maximum absolute atomic E-state index is 6.02. The second-order valence-electron chi connectivity index (χ2n) is 11.0. The highest BCUT2D eigenvalue weighted by molar-refractivity contribution is 5.41. The van der Waals surface area contributed by atoms with Crippen molar-refractivity contribution in [1.29, 1.82) is 0 Å². The van der Waals surface area contributed by atoms with Crippen molar-refractivity contribution in [1.82, 2.24) is 9.80 Å². The molecule has 34 heavy (non-hydrogen) atoms. The fraction of sp³-hybridized carbons (Fsp3) is 0.552. The molecule has 0 amide bonds. The maximum Gasteiger partial charge on any atom is 0.281 e. The lowest BCUT2D eigenvalue weighted by Gasteiger charge is -2.36. The zero-order chi connectivity index (χ0) is 24.3. The number of piperidine rings is 1. The van der Waals surface area contributed by atoms with Crippen LogP contribution in [0, 0.1) is 13.8 Å². The van der Waals surface area contributed by atoms with Gasteiger partial charge in [0.05, 0.1) is 19.3 Å². The highest BCUT2D eigenvalue weighted by Crippen LogP contribution is 2.22. The van der Waals surface area contributed by atoms with Crippen molar-refractivity contribution in [3.05, 3.63) is 65.7 Å². The summed E-state index contributed by atoms with van der Waals surface area (Å²) < 4.78 is 8.41. The van der Waals surface area contributed by atoms with E-state index in [1.807, 2.05) is 0 Å². The van der Waals surface area contributed by atoms with Crippen molar-refractivity contribution < 1.29 is 9.30 Å². The molecule has 0 atom stereocenters. The van der Waals surface area contributed by atoms with Crippen molar-refractivity contribution in [2.45, 2.75) is 66.0 Å². The van der Waals surface area contributed by atoms with E-state index < -0.39 is 0 Å². The summed E-state index contributed by atoms with van der Waals surface area (Å²) in [5.74, 6) is 2.03. The molecular weight excluding hydrogens is 420 g/mol. The number of nitrogens with zero attached hydrogens (tertiary/aromatic N) is 4. The zero-order valence-corrected chi connectivity index (χ0v) is 21.9. The number of hydrogen-bond acceptors (Lipinski definition) is 4. The Morgan fingerprint density at radius 3 is 2.29 bits per heavy atom. The Balaban J connectivity index is 1.53. The molecule has 2 aliphatic rings. The van der Waals surface area contributed by atoms with Gasteiger partial charge in [-0.3, -0.25) is 9.80 Å². The molecule has 0 radical (unpaired) electrons. The van der Waals surface area contributed by atoms with Gasteiger partial charge >= 0.3 is 0 Å². The number of aryl methyl sites for hydroxylation is 2. The van der Waals surface area contributed by atoms with Crippen LogP contribution in [-0.4, -0.2) is 54.7 Å². The van der Waals surface area contributed by atoms with Gasteiger partial charge in [-0.1, -0.05) is 12.5 Å². The zero-order valence-electron chi connectivity index (χ0n) is 21.9. The molecule has 3 heterocycles. The fourth-order valence-electron chi connectivity index (χ4n) is 5.11. The van der Waals surface area contributed by atoms with Gasteiger partial charge in [-0.15, -0.1) is 0 Å². The molecule has 0 N–H and O–H groups in total. The Morgan fingerprint density at radius 1 is 0.912 bits per heavy atom. The van der Waals surface area contributed by atoms with E-state index in [2.05, 4.69) is 97.0 Å². The van der Waals surface area contributed by atoms with E-state index in [-0.39, 0.29) is 5.60 Å². The third kappa shape index (κ3) is 6.32. The average molecular weight is 464 g/mol. The number of ether oxygens (including phenoxy) is 1. The van der Waals surface area contributed by atoms with E-state index in [0.29, 0.717) is 0 Å². The first-order chi connectivity index (χ1) is 16.2. The lowest BCUT2D eigenvalue weighted by Crippen LogP contribution is -2.51. The van der Waals surface area contributed by atoms with Crippen molar-refractivity contribution in [2.24, 2.45) is 0 Å². The van der Waals surface area contributed by atoms with Gasteiger partial charge in [-0.2, -0.15) is 4.57 Å². The normalized spacial score (nSPS) is 17.7. The minimum Gasteiger partial charge on any atom is -0.474 e. The van der Waals surface area contributed by atoms with Crippen molar-refractivity contribution in [2.75, 3.05) is 44.2 Å². The van der Waals surface area contributed by atoms with Gasteiger partial charge in [-0.25, -0.2) is 0 Å². The number of anilines is 1. The summed E-state index contributed by atoms with van der Waals surface area (Å²) in [6.07, 6.45) is 6.31. The van der Waals surface area contributed by atoms with Gasteiger partial charge in [0.1, 0.15) is 24.4 Å². The van der Waals surface area contributed by atoms with Crippen LogP contribution in [0.3, 0.4) is 0 Å². The van der Waals surface area contributed by atoms with E-state index in [9.17, 15) is 0 Å². The molecule has 0 saturated carbocycles. The molecule has 0 unspecified atom stereocenters. The van der Waals surface area contributed by atoms with Crippen LogP contribution in [0.15, 0.2) is 49.0 Å². The largest absolute Gasteiger partial charge is 0.474 e. The third-order valence-corrected chi connectivity index (χ3v) is 6.71. The number of piperazine rings is 1. The quantitative estimate of drug-likeness (QED) is 0.445. The standard InChI is InChI=1S/C29H43N4O/c1-23-10-11-28(32-16-14-31(15-17-32)25(3)34-29(4,5)6)33(21-23)27-19-24(2)18-26(20-27)22-30-12-8-7-9-13-30/h10-11,18-21H,3,7-9,12-17,22H2,1-2,4-6H3/q+1. The van der Waals surface area contributed by atoms with Gasteiger partial charge < -0.3 is 9.64 Å². The van der Waals surface area contributed by atoms with E-state index in [4.69, 9.17) is 4.74 Å². The SMILES string of the molecule is C=C(OC(C)(C)C)N1CCN(c2ccc(C)c[n+]2-c2cc(C)cc(CN3CCCCC3)c2)CC1. The molecule has 2 fully saturated rings. The van der Waals surface area contributed by atoms with Crippen molar-refractivity contribution in [3.8, 4) is 5.69 Å². The minimum atomic E-state index is -0.217. The van der Waals surface area contributed by atoms with E-state index >= 15 is 0 Å². The summed E-state index contributed by atoms with van der Waals surface area (Å²) in [6, 6.07) is 11.6. The molecule has 2 aliphatic heterocycles. The Kier molecular flexibility index (Phi) is 7.51. The van der Waals surface area contributed by atoms with Crippen LogP contribution >= 0.6 is 0 Å². The van der Waals surface area contributed by atoms with Crippen LogP contribution in [0.5, 0.6) is 0 Å². The predicted molar refractivity (Wildman–Crippen MR) is 140 cm³/mol. The summed E-state index contributed by atoms with van der Waals surface area (Å²) in [4.78, 5) is 7.37. The summed E-state index contributed by atoms with van der Waals surface area (Å²) in [5.41, 5.74) is 5.05. The Hall–Kier alpha value is -2.53. The summed E-state index contributed by atoms with van der Waals surface area (Å²) >= 11 is 0. The lowest BCUT2D eigenvalue weighted by atomic mass is 10.1. The van der Waals surface area contributed by atoms with Gasteiger partial charge in [0.25, 0.3) is 5.82 Å². The first-order valence-electron chi connectivity index (χ1n) is 12.9. The van der Waals surface area contributed by atoms with Gasteiger partial charge in [-0.05, 0) is 102 Å². The Morgan fingerprint density at radius 2 is 1.62 bits per heavy atom. The number of rotatable bonds is 6. The van der Waals surface area contributed by atoms with Gasteiger partial charge in [0, 0.05) is 12.6 Å². The molecule has 0 aliphatic carbocycles. The molecule has 5 heteroatoms. The number of aromatic nitrogens is 1. The average Bonchev–Trinajstić information content (AvgIpc) is 2.78. The third-order valence-electron chi connectivity index (χ3n) is 6.71. The summed E-state index contributed by atoms with van der Waals surface area (Å²) in [7, 11) is 0. The molecule has 4 rings (SSSR count). The van der Waals surface area contributed by atoms with Crippen LogP contribution < -0.4 is 9.47 Å². The first kappa shape index (κ1) is 24.6. The van der Waals surface area contributed by atoms with E-state index in [1.165, 1.54) is 60.5 Å². The summed E-state index contributed by atoms with van der Waals surface area (Å²) in [6.45, 7) is 22.0. The topological polar surface area (TPSA) is 22.8 Å². The van der Waals surface area contributed by atoms with Crippen LogP contribution in [0.1, 0.15) is 56.7 Å². The highest BCUT2D eigenvalue weighted by Gasteiger charge is 2.28. The van der Waals surface area contributed by atoms with Crippen molar-refractivity contribution in [3.63, 3.8) is 0 Å². The molecule has 1 aromatic carbocycles. The number of hydrogen-bond donors (Lipinski definition) is 0. The van der Waals surface area contributed by atoms with Crippen LogP contribution in [0.2, 0.25) is 0 Å². The Bertz CT molecular complexity index is 996. The van der Waals surface area contributed by atoms with Crippen LogP contribution in [0.25, 0.3) is 5.69 Å². The molecule has 2 saturated heterocycles. The lowest BCUT2D eigenvalue weighted by molar-refractivity contribution is -0.583. The molecule has 0 bridgehead atoms. The minimum absolute atomic E-state index is 0.217. The van der Waals surface area contributed by atoms with Crippen LogP contribution in [-0.2, 0) is 11.3 Å². The second-order valence-corrected chi connectivity index (χ2v) is 11.0. The second kappa shape index (κ2) is 10.4. The molecule has 1 aromatic heterocycles. The molecule has 0 spiro atoms. The molecule has 2 aromatic rings. The van der Waals surface area contributed by atoms with Gasteiger partial charge in [0.2, 0.25) is 0 Å². The number of benzene rings is 1. The first-order valence-corrected chi connectivity index (χ1v) is 12.9. The fourth-order valence-corrected chi connectivity index (χ4v) is 5.11. The maximum atomic E-state index is 6.02. The molecule has 184 valence electrons. The monoisotopic (exact) mass is 463 g/mol. The van der Waals surface area contributed by atoms with E-state index in [0.717, 1.165) is 38.6 Å². The van der Waals surface area contributed by atoms with Crippen molar-refractivity contribution >= 4 is 5.82 Å². The predicted octanol–water partition coefficient (Wildman–Crippen LogP) is 4.97. The smallest absolute Gasteiger partial charge is 0.281 e. The Labute approximate surface area is 206 Å². The van der Waals surface area contributed by atoms with Crippen LogP contribution in [0.4, 0.5) is 5.82 Å².